The van der Waals surface area contributed by atoms with Crippen molar-refractivity contribution in [1.82, 2.24) is 0 Å². The summed E-state index contributed by atoms with van der Waals surface area (Å²) < 4.78 is 14.8. The van der Waals surface area contributed by atoms with Crippen LogP contribution in [-0.4, -0.2) is 31.8 Å². The Morgan fingerprint density at radius 3 is 2.67 bits per heavy atom. The van der Waals surface area contributed by atoms with E-state index in [1.165, 1.54) is 13.2 Å². The second-order valence-electron chi connectivity index (χ2n) is 3.53. The van der Waals surface area contributed by atoms with Gasteiger partial charge in [-0.2, -0.15) is 0 Å². The smallest absolute Gasteiger partial charge is 0.346 e. The highest BCUT2D eigenvalue weighted by molar-refractivity contribution is 5.89. The molecule has 0 amide bonds. The third kappa shape index (κ3) is 3.76. The van der Waals surface area contributed by atoms with E-state index in [4.69, 9.17) is 9.47 Å². The zero-order valence-electron chi connectivity index (χ0n) is 10.6. The Morgan fingerprint density at radius 2 is 2.06 bits per heavy atom. The van der Waals surface area contributed by atoms with Crippen LogP contribution < -0.4 is 4.74 Å². The van der Waals surface area contributed by atoms with Gasteiger partial charge in [0.05, 0.1) is 19.3 Å². The molecule has 0 heterocycles. The van der Waals surface area contributed by atoms with Gasteiger partial charge in [0.1, 0.15) is 5.75 Å². The largest absolute Gasteiger partial charge is 0.479 e. The molecule has 0 spiro atoms. The van der Waals surface area contributed by atoms with Crippen LogP contribution in [0, 0.1) is 0 Å². The van der Waals surface area contributed by atoms with E-state index >= 15 is 0 Å². The van der Waals surface area contributed by atoms with Gasteiger partial charge in [0.25, 0.3) is 0 Å². The first-order valence-electron chi connectivity index (χ1n) is 5.60. The van der Waals surface area contributed by atoms with E-state index < -0.39 is 18.0 Å². The standard InChI is InChI=1S/C13H16O5/c1-4-17-13(15)10-6-5-7-11(8-10)18-9(2)12(14)16-3/h5-9H,4H2,1-3H3. The fourth-order valence-corrected chi connectivity index (χ4v) is 1.33. The lowest BCUT2D eigenvalue weighted by Crippen LogP contribution is -2.25. The van der Waals surface area contributed by atoms with Crippen molar-refractivity contribution in [1.29, 1.82) is 0 Å². The molecule has 0 saturated carbocycles. The average molecular weight is 252 g/mol. The summed E-state index contributed by atoms with van der Waals surface area (Å²) in [5.74, 6) is -0.483. The van der Waals surface area contributed by atoms with Crippen LogP contribution >= 0.6 is 0 Å². The first-order valence-corrected chi connectivity index (χ1v) is 5.60. The van der Waals surface area contributed by atoms with Gasteiger partial charge in [-0.3, -0.25) is 0 Å². The highest BCUT2D eigenvalue weighted by atomic mass is 16.6. The molecule has 1 aromatic rings. The van der Waals surface area contributed by atoms with Crippen LogP contribution in [-0.2, 0) is 14.3 Å². The van der Waals surface area contributed by atoms with Crippen molar-refractivity contribution < 1.29 is 23.8 Å². The van der Waals surface area contributed by atoms with Crippen molar-refractivity contribution in [2.45, 2.75) is 20.0 Å². The molecule has 0 aromatic heterocycles. The molecule has 5 nitrogen and oxygen atoms in total. The summed E-state index contributed by atoms with van der Waals surface area (Å²) in [5, 5.41) is 0. The van der Waals surface area contributed by atoms with E-state index in [-0.39, 0.29) is 0 Å². The van der Waals surface area contributed by atoms with E-state index in [9.17, 15) is 9.59 Å². The summed E-state index contributed by atoms with van der Waals surface area (Å²) in [6.45, 7) is 3.61. The van der Waals surface area contributed by atoms with Crippen LogP contribution in [0.2, 0.25) is 0 Å². The zero-order chi connectivity index (χ0) is 13.5. The fourth-order valence-electron chi connectivity index (χ4n) is 1.33. The third-order valence-corrected chi connectivity index (χ3v) is 2.19. The number of benzene rings is 1. The summed E-state index contributed by atoms with van der Waals surface area (Å²) in [5.41, 5.74) is 0.381. The normalized spacial score (nSPS) is 11.5. The summed E-state index contributed by atoms with van der Waals surface area (Å²) in [4.78, 5) is 22.7. The summed E-state index contributed by atoms with van der Waals surface area (Å²) >= 11 is 0. The molecule has 0 N–H and O–H groups in total. The van der Waals surface area contributed by atoms with E-state index in [0.717, 1.165) is 0 Å². The van der Waals surface area contributed by atoms with Crippen molar-refractivity contribution in [2.75, 3.05) is 13.7 Å². The topological polar surface area (TPSA) is 61.8 Å². The van der Waals surface area contributed by atoms with Crippen molar-refractivity contribution in [3.8, 4) is 5.75 Å². The summed E-state index contributed by atoms with van der Waals surface area (Å²) in [7, 11) is 1.29. The molecule has 5 heteroatoms. The Bertz CT molecular complexity index is 427. The van der Waals surface area contributed by atoms with E-state index in [1.807, 2.05) is 0 Å². The minimum atomic E-state index is -0.729. The number of hydrogen-bond acceptors (Lipinski definition) is 5. The first-order chi connectivity index (χ1) is 8.58. The van der Waals surface area contributed by atoms with Crippen LogP contribution in [0.1, 0.15) is 24.2 Å². The van der Waals surface area contributed by atoms with Gasteiger partial charge in [0, 0.05) is 0 Å². The number of methoxy groups -OCH3 is 1. The molecule has 0 fully saturated rings. The predicted octanol–water partition coefficient (Wildman–Crippen LogP) is 1.80. The number of rotatable bonds is 5. The van der Waals surface area contributed by atoms with Gasteiger partial charge in [-0.25, -0.2) is 9.59 Å². The lowest BCUT2D eigenvalue weighted by atomic mass is 10.2. The van der Waals surface area contributed by atoms with Gasteiger partial charge in [-0.15, -0.1) is 0 Å². The molecular weight excluding hydrogens is 236 g/mol. The zero-order valence-corrected chi connectivity index (χ0v) is 10.6. The number of hydrogen-bond donors (Lipinski definition) is 0. The maximum Gasteiger partial charge on any atom is 0.346 e. The van der Waals surface area contributed by atoms with Crippen molar-refractivity contribution in [3.63, 3.8) is 0 Å². The maximum absolute atomic E-state index is 11.5. The van der Waals surface area contributed by atoms with Crippen molar-refractivity contribution in [3.05, 3.63) is 29.8 Å². The number of carbonyl (C=O) groups excluding carboxylic acids is 2. The van der Waals surface area contributed by atoms with Crippen LogP contribution in [0.15, 0.2) is 24.3 Å². The summed E-state index contributed by atoms with van der Waals surface area (Å²) in [6.07, 6.45) is -0.729. The van der Waals surface area contributed by atoms with Gasteiger partial charge < -0.3 is 14.2 Å². The third-order valence-electron chi connectivity index (χ3n) is 2.19. The van der Waals surface area contributed by atoms with Crippen LogP contribution in [0.25, 0.3) is 0 Å². The van der Waals surface area contributed by atoms with Gasteiger partial charge in [0.2, 0.25) is 0 Å². The molecule has 1 rings (SSSR count). The molecule has 0 aliphatic rings. The molecule has 18 heavy (non-hydrogen) atoms. The van der Waals surface area contributed by atoms with Gasteiger partial charge in [-0.05, 0) is 32.0 Å². The Morgan fingerprint density at radius 1 is 1.33 bits per heavy atom. The first kappa shape index (κ1) is 14.0. The highest BCUT2D eigenvalue weighted by Crippen LogP contribution is 2.16. The molecule has 1 unspecified atom stereocenters. The van der Waals surface area contributed by atoms with Crippen molar-refractivity contribution >= 4 is 11.9 Å². The SMILES string of the molecule is CCOC(=O)c1cccc(OC(C)C(=O)OC)c1. The number of carbonyl (C=O) groups is 2. The molecule has 0 aliphatic heterocycles. The van der Waals surface area contributed by atoms with Gasteiger partial charge in [0.15, 0.2) is 6.10 Å². The maximum atomic E-state index is 11.5. The lowest BCUT2D eigenvalue weighted by molar-refractivity contribution is -0.147. The number of ether oxygens (including phenoxy) is 3. The predicted molar refractivity (Wildman–Crippen MR) is 64.5 cm³/mol. The van der Waals surface area contributed by atoms with Gasteiger partial charge in [-0.1, -0.05) is 6.07 Å². The minimum Gasteiger partial charge on any atom is -0.479 e. The molecule has 0 saturated heterocycles. The molecule has 98 valence electrons. The summed E-state index contributed by atoms with van der Waals surface area (Å²) in [6, 6.07) is 6.46. The van der Waals surface area contributed by atoms with E-state index in [1.54, 1.807) is 32.0 Å². The van der Waals surface area contributed by atoms with Crippen LogP contribution in [0.4, 0.5) is 0 Å². The second-order valence-corrected chi connectivity index (χ2v) is 3.53. The minimum absolute atomic E-state index is 0.308. The number of esters is 2. The highest BCUT2D eigenvalue weighted by Gasteiger charge is 2.15. The monoisotopic (exact) mass is 252 g/mol. The van der Waals surface area contributed by atoms with Crippen LogP contribution in [0.5, 0.6) is 5.75 Å². The average Bonchev–Trinajstić information content (AvgIpc) is 2.38. The molecule has 1 atom stereocenters. The molecule has 0 aliphatic carbocycles. The van der Waals surface area contributed by atoms with Crippen LogP contribution in [0.3, 0.4) is 0 Å². The Balaban J connectivity index is 2.76. The Kier molecular flexibility index (Phi) is 5.17. The molecular formula is C13H16O5. The Labute approximate surface area is 106 Å². The van der Waals surface area contributed by atoms with E-state index in [0.29, 0.717) is 17.9 Å². The molecule has 0 bridgehead atoms. The van der Waals surface area contributed by atoms with E-state index in [2.05, 4.69) is 4.74 Å². The van der Waals surface area contributed by atoms with Gasteiger partial charge >= 0.3 is 11.9 Å². The lowest BCUT2D eigenvalue weighted by Gasteiger charge is -2.12. The second kappa shape index (κ2) is 6.64. The Hall–Kier alpha value is -2.04. The molecule has 1 aromatic carbocycles. The quantitative estimate of drug-likeness (QED) is 0.748. The molecule has 0 radical (unpaired) electrons. The fraction of sp³-hybridized carbons (Fsp3) is 0.385. The van der Waals surface area contributed by atoms with Crippen molar-refractivity contribution in [2.24, 2.45) is 0 Å².